The van der Waals surface area contributed by atoms with Crippen LogP contribution in [0.1, 0.15) is 13.8 Å². The van der Waals surface area contributed by atoms with Crippen LogP contribution in [0.5, 0.6) is 0 Å². The molecule has 1 atom stereocenters. The predicted octanol–water partition coefficient (Wildman–Crippen LogP) is 1.33. The minimum atomic E-state index is -0.737. The van der Waals surface area contributed by atoms with E-state index >= 15 is 0 Å². The van der Waals surface area contributed by atoms with Crippen molar-refractivity contribution in [3.63, 3.8) is 0 Å². The molecule has 0 spiro atoms. The minimum Gasteiger partial charge on any atom is -0.467 e. The molecule has 0 heterocycles. The lowest BCUT2D eigenvalue weighted by atomic mass is 10.3. The smallest absolute Gasteiger partial charge is 0.328 e. The molecule has 0 saturated carbocycles. The molecule has 0 bridgehead atoms. The van der Waals surface area contributed by atoms with Crippen LogP contribution in [-0.2, 0) is 14.3 Å². The second-order valence-electron chi connectivity index (χ2n) is 4.10. The number of ether oxygens (including phenoxy) is 1. The van der Waals surface area contributed by atoms with E-state index in [4.69, 9.17) is 0 Å². The molecule has 7 heteroatoms. The van der Waals surface area contributed by atoms with Gasteiger partial charge < -0.3 is 20.7 Å². The number of carbonyl (C=O) groups excluding carboxylic acids is 3. The number of anilines is 2. The third-order valence-electron chi connectivity index (χ3n) is 2.37. The molecule has 108 valence electrons. The number of nitrogens with one attached hydrogen (secondary N) is 3. The number of esters is 1. The van der Waals surface area contributed by atoms with Gasteiger partial charge in [0.1, 0.15) is 6.04 Å². The summed E-state index contributed by atoms with van der Waals surface area (Å²) in [6.45, 7) is 2.93. The van der Waals surface area contributed by atoms with E-state index in [0.29, 0.717) is 11.4 Å². The zero-order valence-electron chi connectivity index (χ0n) is 11.5. The lowest BCUT2D eigenvalue weighted by molar-refractivity contribution is -0.142. The van der Waals surface area contributed by atoms with E-state index in [-0.39, 0.29) is 5.91 Å². The Labute approximate surface area is 116 Å². The maximum absolute atomic E-state index is 11.6. The Balaban J connectivity index is 2.54. The molecule has 1 aromatic rings. The summed E-state index contributed by atoms with van der Waals surface area (Å²) in [5, 5.41) is 7.60. The largest absolute Gasteiger partial charge is 0.467 e. The van der Waals surface area contributed by atoms with Crippen LogP contribution in [0, 0.1) is 0 Å². The number of rotatable bonds is 4. The maximum atomic E-state index is 11.6. The van der Waals surface area contributed by atoms with Crippen molar-refractivity contribution in [3.05, 3.63) is 24.3 Å². The summed E-state index contributed by atoms with van der Waals surface area (Å²) in [6.07, 6.45) is 0. The molecule has 1 aromatic carbocycles. The third kappa shape index (κ3) is 4.97. The molecule has 0 radical (unpaired) electrons. The molecule has 20 heavy (non-hydrogen) atoms. The Morgan fingerprint density at radius 1 is 1.05 bits per heavy atom. The average molecular weight is 279 g/mol. The first-order valence-corrected chi connectivity index (χ1v) is 5.95. The standard InChI is InChI=1S/C13H17N3O4/c1-8(12(18)20-3)14-13(19)16-11-6-4-10(5-7-11)15-9(2)17/h4-8H,1-3H3,(H,15,17)(H2,14,16,19)/t8-/m0/s1. The zero-order chi connectivity index (χ0) is 15.1. The van der Waals surface area contributed by atoms with Gasteiger partial charge in [-0.05, 0) is 31.2 Å². The van der Waals surface area contributed by atoms with Gasteiger partial charge in [0.05, 0.1) is 7.11 Å². The molecule has 1 rings (SSSR count). The van der Waals surface area contributed by atoms with Crippen molar-refractivity contribution >= 4 is 29.3 Å². The second-order valence-corrected chi connectivity index (χ2v) is 4.10. The predicted molar refractivity (Wildman–Crippen MR) is 74.4 cm³/mol. The topological polar surface area (TPSA) is 96.5 Å². The van der Waals surface area contributed by atoms with Crippen molar-refractivity contribution in [3.8, 4) is 0 Å². The van der Waals surface area contributed by atoms with Crippen LogP contribution in [-0.4, -0.2) is 31.1 Å². The van der Waals surface area contributed by atoms with Crippen LogP contribution in [0.4, 0.5) is 16.2 Å². The Morgan fingerprint density at radius 2 is 1.55 bits per heavy atom. The fourth-order valence-electron chi connectivity index (χ4n) is 1.44. The molecule has 0 fully saturated rings. The van der Waals surface area contributed by atoms with E-state index in [2.05, 4.69) is 20.7 Å². The van der Waals surface area contributed by atoms with Crippen LogP contribution >= 0.6 is 0 Å². The number of carbonyl (C=O) groups is 3. The summed E-state index contributed by atoms with van der Waals surface area (Å²) in [4.78, 5) is 33.6. The summed E-state index contributed by atoms with van der Waals surface area (Å²) in [6, 6.07) is 5.32. The molecule has 0 saturated heterocycles. The molecular formula is C13H17N3O4. The molecule has 0 aliphatic heterocycles. The van der Waals surface area contributed by atoms with Gasteiger partial charge in [-0.2, -0.15) is 0 Å². The summed E-state index contributed by atoms with van der Waals surface area (Å²) in [7, 11) is 1.25. The van der Waals surface area contributed by atoms with Crippen molar-refractivity contribution in [1.29, 1.82) is 0 Å². The van der Waals surface area contributed by atoms with Crippen molar-refractivity contribution in [2.24, 2.45) is 0 Å². The number of amides is 3. The highest BCUT2D eigenvalue weighted by Crippen LogP contribution is 2.13. The van der Waals surface area contributed by atoms with Gasteiger partial charge in [0.2, 0.25) is 5.91 Å². The van der Waals surface area contributed by atoms with Crippen LogP contribution in [0.15, 0.2) is 24.3 Å². The van der Waals surface area contributed by atoms with E-state index in [1.54, 1.807) is 24.3 Å². The summed E-state index contributed by atoms with van der Waals surface area (Å²) >= 11 is 0. The van der Waals surface area contributed by atoms with Gasteiger partial charge in [0.25, 0.3) is 0 Å². The highest BCUT2D eigenvalue weighted by Gasteiger charge is 2.15. The van der Waals surface area contributed by atoms with E-state index < -0.39 is 18.0 Å². The SMILES string of the molecule is COC(=O)[C@H](C)NC(=O)Nc1ccc(NC(C)=O)cc1. The third-order valence-corrected chi connectivity index (χ3v) is 2.37. The van der Waals surface area contributed by atoms with Gasteiger partial charge in [-0.1, -0.05) is 0 Å². The lowest BCUT2D eigenvalue weighted by Gasteiger charge is -2.12. The first-order chi connectivity index (χ1) is 9.42. The van der Waals surface area contributed by atoms with Crippen LogP contribution in [0.25, 0.3) is 0 Å². The summed E-state index contributed by atoms with van der Waals surface area (Å²) < 4.78 is 4.49. The van der Waals surface area contributed by atoms with Crippen molar-refractivity contribution in [2.75, 3.05) is 17.7 Å². The van der Waals surface area contributed by atoms with Crippen molar-refractivity contribution in [2.45, 2.75) is 19.9 Å². The highest BCUT2D eigenvalue weighted by atomic mass is 16.5. The molecular weight excluding hydrogens is 262 g/mol. The second kappa shape index (κ2) is 7.13. The fraction of sp³-hybridized carbons (Fsp3) is 0.308. The van der Waals surface area contributed by atoms with E-state index in [0.717, 1.165) is 0 Å². The average Bonchev–Trinajstić information content (AvgIpc) is 2.39. The monoisotopic (exact) mass is 279 g/mol. The first kappa shape index (κ1) is 15.5. The van der Waals surface area contributed by atoms with E-state index in [1.165, 1.54) is 21.0 Å². The minimum absolute atomic E-state index is 0.171. The number of hydrogen-bond donors (Lipinski definition) is 3. The molecule has 3 amide bonds. The molecule has 0 unspecified atom stereocenters. The fourth-order valence-corrected chi connectivity index (χ4v) is 1.44. The maximum Gasteiger partial charge on any atom is 0.328 e. The molecule has 0 aliphatic rings. The normalized spacial score (nSPS) is 11.2. The van der Waals surface area contributed by atoms with Gasteiger partial charge in [-0.15, -0.1) is 0 Å². The van der Waals surface area contributed by atoms with E-state index in [9.17, 15) is 14.4 Å². The molecule has 0 aliphatic carbocycles. The number of methoxy groups -OCH3 is 1. The summed E-state index contributed by atoms with van der Waals surface area (Å²) in [5.41, 5.74) is 1.17. The Bertz CT molecular complexity index is 499. The Hall–Kier alpha value is -2.57. The van der Waals surface area contributed by atoms with Gasteiger partial charge >= 0.3 is 12.0 Å². The van der Waals surface area contributed by atoms with Gasteiger partial charge in [-0.25, -0.2) is 9.59 Å². The Kier molecular flexibility index (Phi) is 5.52. The van der Waals surface area contributed by atoms with Crippen LogP contribution in [0.3, 0.4) is 0 Å². The molecule has 7 nitrogen and oxygen atoms in total. The number of urea groups is 1. The lowest BCUT2D eigenvalue weighted by Crippen LogP contribution is -2.41. The van der Waals surface area contributed by atoms with Gasteiger partial charge in [0, 0.05) is 18.3 Å². The number of hydrogen-bond acceptors (Lipinski definition) is 4. The zero-order valence-corrected chi connectivity index (χ0v) is 11.5. The van der Waals surface area contributed by atoms with Gasteiger partial charge in [0.15, 0.2) is 0 Å². The Morgan fingerprint density at radius 3 is 2.00 bits per heavy atom. The van der Waals surface area contributed by atoms with Crippen molar-refractivity contribution < 1.29 is 19.1 Å². The van der Waals surface area contributed by atoms with Crippen LogP contribution < -0.4 is 16.0 Å². The number of benzene rings is 1. The van der Waals surface area contributed by atoms with Gasteiger partial charge in [-0.3, -0.25) is 4.79 Å². The van der Waals surface area contributed by atoms with Crippen molar-refractivity contribution in [1.82, 2.24) is 5.32 Å². The first-order valence-electron chi connectivity index (χ1n) is 5.95. The molecule has 3 N–H and O–H groups in total. The quantitative estimate of drug-likeness (QED) is 0.724. The van der Waals surface area contributed by atoms with E-state index in [1.807, 2.05) is 0 Å². The molecule has 0 aromatic heterocycles. The highest BCUT2D eigenvalue weighted by molar-refractivity contribution is 5.93. The van der Waals surface area contributed by atoms with Crippen LogP contribution in [0.2, 0.25) is 0 Å². The summed E-state index contributed by atoms with van der Waals surface area (Å²) in [5.74, 6) is -0.698.